The number of rotatable bonds is 8. The Morgan fingerprint density at radius 1 is 1.04 bits per heavy atom. The van der Waals surface area contributed by atoms with Gasteiger partial charge in [0, 0.05) is 17.0 Å². The second-order valence-electron chi connectivity index (χ2n) is 6.54. The van der Waals surface area contributed by atoms with Gasteiger partial charge in [-0.25, -0.2) is 0 Å². The van der Waals surface area contributed by atoms with Crippen LogP contribution in [0.2, 0.25) is 19.6 Å². The molecule has 10 nitrogen and oxygen atoms in total. The highest BCUT2D eigenvalue weighted by atomic mass is 28.4. The summed E-state index contributed by atoms with van der Waals surface area (Å²) in [5.41, 5.74) is 0.129. The lowest BCUT2D eigenvalue weighted by Crippen LogP contribution is -2.36. The van der Waals surface area contributed by atoms with Gasteiger partial charge in [0.15, 0.2) is 14.2 Å². The highest BCUT2D eigenvalue weighted by molar-refractivity contribution is 6.69. The van der Waals surface area contributed by atoms with Crippen molar-refractivity contribution in [2.24, 2.45) is 5.92 Å². The molecule has 27 heavy (non-hydrogen) atoms. The molecular formula is C16H22N2O8Si. The molecule has 0 radical (unpaired) electrons. The van der Waals surface area contributed by atoms with Crippen LogP contribution >= 0.6 is 0 Å². The van der Waals surface area contributed by atoms with Crippen molar-refractivity contribution in [3.63, 3.8) is 0 Å². The Kier molecular flexibility index (Phi) is 7.46. The third-order valence-electron chi connectivity index (χ3n) is 3.40. The average molecular weight is 398 g/mol. The number of ether oxygens (including phenoxy) is 2. The molecule has 0 amide bonds. The number of hydrogen-bond acceptors (Lipinski definition) is 8. The first-order chi connectivity index (χ1) is 12.5. The molecule has 1 atom stereocenters. The molecule has 1 rings (SSSR count). The van der Waals surface area contributed by atoms with Crippen LogP contribution in [0.5, 0.6) is 0 Å². The first kappa shape index (κ1) is 22.1. The second kappa shape index (κ2) is 9.12. The lowest BCUT2D eigenvalue weighted by atomic mass is 9.86. The van der Waals surface area contributed by atoms with E-state index in [4.69, 9.17) is 4.53 Å². The minimum Gasteiger partial charge on any atom is -0.468 e. The zero-order chi connectivity index (χ0) is 20.8. The van der Waals surface area contributed by atoms with Crippen LogP contribution in [0.15, 0.2) is 24.3 Å². The molecular weight excluding hydrogens is 376 g/mol. The third-order valence-corrected chi connectivity index (χ3v) is 4.13. The quantitative estimate of drug-likeness (QED) is 0.124. The van der Waals surface area contributed by atoms with E-state index >= 15 is 0 Å². The smallest absolute Gasteiger partial charge is 0.321 e. The van der Waals surface area contributed by atoms with Crippen LogP contribution in [-0.2, 0) is 23.6 Å². The zero-order valence-corrected chi connectivity index (χ0v) is 16.7. The summed E-state index contributed by atoms with van der Waals surface area (Å²) >= 11 is 0. The SMILES string of the molecule is COC(=O)C(C(=O)OC)C(/C=[N+](/[O-])O[Si](C)(C)C)c1ccc([N+](=O)[O-])cc1. The standard InChI is InChI=1S/C16H22N2O8Si/c1-24-15(19)14(16(20)25-2)13(10-17(21)26-27(3,4)5)11-6-8-12(9-7-11)18(22)23/h6-10,13-14H,1-5H3/b17-10-. The monoisotopic (exact) mass is 398 g/mol. The lowest BCUT2D eigenvalue weighted by molar-refractivity contribution is -0.701. The number of nitrogens with zero attached hydrogens (tertiary/aromatic N) is 2. The van der Waals surface area contributed by atoms with Crippen LogP contribution in [0.4, 0.5) is 5.69 Å². The van der Waals surface area contributed by atoms with Gasteiger partial charge < -0.3 is 14.0 Å². The number of benzene rings is 1. The van der Waals surface area contributed by atoms with Gasteiger partial charge in [0.25, 0.3) is 5.69 Å². The van der Waals surface area contributed by atoms with Crippen molar-refractivity contribution in [3.05, 3.63) is 45.2 Å². The Bertz CT molecular complexity index is 711. The Morgan fingerprint density at radius 3 is 1.89 bits per heavy atom. The van der Waals surface area contributed by atoms with Gasteiger partial charge in [-0.3, -0.25) is 24.9 Å². The summed E-state index contributed by atoms with van der Waals surface area (Å²) in [6.45, 7) is 5.35. The van der Waals surface area contributed by atoms with Gasteiger partial charge in [-0.15, -0.1) is 0 Å². The predicted octanol–water partition coefficient (Wildman–Crippen LogP) is 1.99. The summed E-state index contributed by atoms with van der Waals surface area (Å²) in [6, 6.07) is 5.10. The Labute approximate surface area is 157 Å². The van der Waals surface area contributed by atoms with Crippen molar-refractivity contribution >= 4 is 32.2 Å². The molecule has 0 saturated heterocycles. The van der Waals surface area contributed by atoms with Gasteiger partial charge in [0.05, 0.1) is 25.1 Å². The number of esters is 2. The molecule has 148 valence electrons. The van der Waals surface area contributed by atoms with E-state index < -0.39 is 37.0 Å². The topological polar surface area (TPSA) is 131 Å². The minimum atomic E-state index is -2.26. The fourth-order valence-corrected chi connectivity index (χ4v) is 2.86. The Balaban J connectivity index is 3.45. The zero-order valence-electron chi connectivity index (χ0n) is 15.7. The molecule has 0 spiro atoms. The highest BCUT2D eigenvalue weighted by Crippen LogP contribution is 2.27. The molecule has 0 N–H and O–H groups in total. The van der Waals surface area contributed by atoms with Crippen molar-refractivity contribution in [1.29, 1.82) is 0 Å². The first-order valence-corrected chi connectivity index (χ1v) is 11.3. The molecule has 0 aliphatic rings. The molecule has 1 unspecified atom stereocenters. The highest BCUT2D eigenvalue weighted by Gasteiger charge is 2.40. The summed E-state index contributed by atoms with van der Waals surface area (Å²) in [5.74, 6) is -4.42. The number of nitro groups is 1. The molecule has 0 aliphatic carbocycles. The summed E-state index contributed by atoms with van der Waals surface area (Å²) in [4.78, 5) is 34.8. The molecule has 1 aromatic carbocycles. The summed E-state index contributed by atoms with van der Waals surface area (Å²) < 4.78 is 14.6. The van der Waals surface area contributed by atoms with Gasteiger partial charge in [-0.2, -0.15) is 0 Å². The number of methoxy groups -OCH3 is 2. The van der Waals surface area contributed by atoms with Crippen molar-refractivity contribution in [2.45, 2.75) is 25.6 Å². The maximum absolute atomic E-state index is 12.2. The molecule has 11 heteroatoms. The van der Waals surface area contributed by atoms with Gasteiger partial charge in [-0.05, 0) is 5.56 Å². The molecule has 1 aromatic rings. The summed E-state index contributed by atoms with van der Waals surface area (Å²) in [7, 11) is -0.0653. The van der Waals surface area contributed by atoms with Gasteiger partial charge >= 0.3 is 11.9 Å². The van der Waals surface area contributed by atoms with Gasteiger partial charge in [0.2, 0.25) is 6.21 Å². The number of carbonyl (C=O) groups excluding carboxylic acids is 2. The van der Waals surface area contributed by atoms with E-state index in [0.717, 1.165) is 20.4 Å². The normalized spacial score (nSPS) is 13.0. The van der Waals surface area contributed by atoms with E-state index in [2.05, 4.69) is 9.47 Å². The molecule has 0 bridgehead atoms. The van der Waals surface area contributed by atoms with Crippen molar-refractivity contribution in [3.8, 4) is 0 Å². The van der Waals surface area contributed by atoms with Crippen LogP contribution in [0.25, 0.3) is 0 Å². The van der Waals surface area contributed by atoms with Crippen molar-refractivity contribution in [1.82, 2.24) is 0 Å². The van der Waals surface area contributed by atoms with Crippen LogP contribution in [0.3, 0.4) is 0 Å². The van der Waals surface area contributed by atoms with Crippen LogP contribution in [0.1, 0.15) is 11.5 Å². The van der Waals surface area contributed by atoms with Gasteiger partial charge in [0.1, 0.15) is 0 Å². The molecule has 0 aliphatic heterocycles. The van der Waals surface area contributed by atoms with E-state index in [0.29, 0.717) is 5.56 Å². The van der Waals surface area contributed by atoms with Crippen LogP contribution in [0, 0.1) is 21.2 Å². The van der Waals surface area contributed by atoms with E-state index in [1.807, 2.05) is 0 Å². The minimum absolute atomic E-state index is 0.178. The first-order valence-electron chi connectivity index (χ1n) is 7.90. The lowest BCUT2D eigenvalue weighted by Gasteiger charge is -2.22. The van der Waals surface area contributed by atoms with E-state index in [1.54, 1.807) is 19.6 Å². The van der Waals surface area contributed by atoms with E-state index in [9.17, 15) is 24.9 Å². The molecule has 0 aromatic heterocycles. The second-order valence-corrected chi connectivity index (χ2v) is 10.9. The van der Waals surface area contributed by atoms with Crippen molar-refractivity contribution < 1.29 is 33.4 Å². The molecule has 0 fully saturated rings. The van der Waals surface area contributed by atoms with Crippen LogP contribution in [-0.4, -0.2) is 50.5 Å². The van der Waals surface area contributed by atoms with Crippen LogP contribution < -0.4 is 0 Å². The molecule has 0 saturated carbocycles. The van der Waals surface area contributed by atoms with Crippen molar-refractivity contribution in [2.75, 3.05) is 14.2 Å². The fourth-order valence-electron chi connectivity index (χ4n) is 2.26. The Morgan fingerprint density at radius 2 is 1.52 bits per heavy atom. The van der Waals surface area contributed by atoms with E-state index in [1.165, 1.54) is 24.3 Å². The Hall–Kier alpha value is -2.95. The number of nitro benzene ring substituents is 1. The largest absolute Gasteiger partial charge is 0.468 e. The molecule has 0 heterocycles. The maximum atomic E-state index is 12.2. The third kappa shape index (κ3) is 6.37. The number of carbonyl (C=O) groups is 2. The number of hydrogen-bond donors (Lipinski definition) is 0. The maximum Gasteiger partial charge on any atom is 0.321 e. The average Bonchev–Trinajstić information content (AvgIpc) is 2.59. The van der Waals surface area contributed by atoms with Gasteiger partial charge in [-0.1, -0.05) is 31.8 Å². The summed E-state index contributed by atoms with van der Waals surface area (Å²) in [5, 5.41) is 23.0. The predicted molar refractivity (Wildman–Crippen MR) is 97.5 cm³/mol. The van der Waals surface area contributed by atoms with E-state index in [-0.39, 0.29) is 10.6 Å². The fraction of sp³-hybridized carbons (Fsp3) is 0.438. The number of non-ortho nitro benzene ring substituents is 1. The summed E-state index contributed by atoms with van der Waals surface area (Å²) in [6.07, 6.45) is 1.01.